The first kappa shape index (κ1) is 19.9. The second kappa shape index (κ2) is 7.13. The van der Waals surface area contributed by atoms with E-state index in [1.165, 1.54) is 11.1 Å². The van der Waals surface area contributed by atoms with E-state index < -0.39 is 5.60 Å². The Hall–Kier alpha value is -2.40. The number of benzene rings is 1. The number of ether oxygens (including phenoxy) is 1. The third kappa shape index (κ3) is 3.42. The van der Waals surface area contributed by atoms with Gasteiger partial charge in [-0.2, -0.15) is 0 Å². The van der Waals surface area contributed by atoms with Crippen LogP contribution in [0.2, 0.25) is 0 Å². The molecule has 29 heavy (non-hydrogen) atoms. The van der Waals surface area contributed by atoms with Crippen LogP contribution < -0.4 is 0 Å². The van der Waals surface area contributed by atoms with Gasteiger partial charge in [0.25, 0.3) is 0 Å². The monoisotopic (exact) mass is 394 g/mol. The molecule has 0 saturated carbocycles. The summed E-state index contributed by atoms with van der Waals surface area (Å²) in [5.41, 5.74) is 3.74. The van der Waals surface area contributed by atoms with Gasteiger partial charge in [0.15, 0.2) is 0 Å². The fourth-order valence-corrected chi connectivity index (χ4v) is 4.92. The van der Waals surface area contributed by atoms with E-state index in [4.69, 9.17) is 4.74 Å². The Morgan fingerprint density at radius 1 is 1.21 bits per heavy atom. The maximum absolute atomic E-state index is 13.3. The molecule has 1 aromatic carbocycles. The Balaban J connectivity index is 1.88. The molecule has 0 N–H and O–H groups in total. The summed E-state index contributed by atoms with van der Waals surface area (Å²) in [4.78, 5) is 28.1. The third-order valence-corrected chi connectivity index (χ3v) is 6.16. The van der Waals surface area contributed by atoms with Crippen molar-refractivity contribution >= 4 is 22.8 Å². The van der Waals surface area contributed by atoms with Crippen LogP contribution in [0.25, 0.3) is 10.9 Å². The lowest BCUT2D eigenvalue weighted by Crippen LogP contribution is -2.45. The highest BCUT2D eigenvalue weighted by Crippen LogP contribution is 2.44. The van der Waals surface area contributed by atoms with Gasteiger partial charge < -0.3 is 4.74 Å². The molecule has 5 heteroatoms. The summed E-state index contributed by atoms with van der Waals surface area (Å²) in [5, 5.41) is 1.12. The first-order chi connectivity index (χ1) is 13.7. The van der Waals surface area contributed by atoms with Gasteiger partial charge in [0, 0.05) is 24.4 Å². The quantitative estimate of drug-likeness (QED) is 0.647. The standard InChI is InChI=1S/C24H30N2O3/c1-6-16-14-25-12-11-18-17-9-7-8-10-20(17)26(23(28)29-24(3,4)5)22(18)21(25)13-19(16)15(2)27/h6-10,19,21H,11-14H2,1-5H3/b16-6-/t19-,21-/m0/s1. The number of allylic oxidation sites excluding steroid dienone is 1. The van der Waals surface area contributed by atoms with Gasteiger partial charge in [-0.25, -0.2) is 9.36 Å². The van der Waals surface area contributed by atoms with E-state index in [-0.39, 0.29) is 23.8 Å². The van der Waals surface area contributed by atoms with Crippen molar-refractivity contribution in [1.82, 2.24) is 9.47 Å². The van der Waals surface area contributed by atoms with Gasteiger partial charge in [0.1, 0.15) is 11.4 Å². The molecule has 0 aliphatic carbocycles. The minimum Gasteiger partial charge on any atom is -0.443 e. The van der Waals surface area contributed by atoms with E-state index in [1.54, 1.807) is 11.5 Å². The zero-order valence-corrected chi connectivity index (χ0v) is 18.0. The molecule has 154 valence electrons. The van der Waals surface area contributed by atoms with Crippen molar-refractivity contribution in [2.75, 3.05) is 13.1 Å². The second-order valence-electron chi connectivity index (χ2n) is 9.20. The minimum atomic E-state index is -0.573. The highest BCUT2D eigenvalue weighted by molar-refractivity contribution is 5.94. The topological polar surface area (TPSA) is 51.5 Å². The van der Waals surface area contributed by atoms with Crippen molar-refractivity contribution in [2.45, 2.75) is 59.1 Å². The Morgan fingerprint density at radius 3 is 2.59 bits per heavy atom. The zero-order valence-electron chi connectivity index (χ0n) is 18.0. The number of hydrogen-bond donors (Lipinski definition) is 0. The number of carbonyl (C=O) groups is 2. The van der Waals surface area contributed by atoms with Crippen molar-refractivity contribution in [3.05, 3.63) is 47.2 Å². The van der Waals surface area contributed by atoms with Crippen LogP contribution in [0.4, 0.5) is 4.79 Å². The lowest BCUT2D eigenvalue weighted by molar-refractivity contribution is -0.121. The predicted molar refractivity (Wildman–Crippen MR) is 114 cm³/mol. The van der Waals surface area contributed by atoms with Crippen LogP contribution in [0.15, 0.2) is 35.9 Å². The first-order valence-corrected chi connectivity index (χ1v) is 10.5. The largest absolute Gasteiger partial charge is 0.443 e. The van der Waals surface area contributed by atoms with E-state index in [0.717, 1.165) is 36.1 Å². The SMILES string of the molecule is C/C=C1/CN2CCc3c(n(C(=O)OC(C)(C)C)c4ccccc34)[C@@H]2C[C@H]1C(C)=O. The van der Waals surface area contributed by atoms with Gasteiger partial charge in [0.2, 0.25) is 0 Å². The van der Waals surface area contributed by atoms with Gasteiger partial charge in [-0.05, 0) is 64.7 Å². The summed E-state index contributed by atoms with van der Waals surface area (Å²) < 4.78 is 7.55. The number of ketones is 1. The van der Waals surface area contributed by atoms with Crippen LogP contribution >= 0.6 is 0 Å². The van der Waals surface area contributed by atoms with Crippen LogP contribution in [-0.2, 0) is 16.0 Å². The smallest absolute Gasteiger partial charge is 0.419 e. The molecule has 3 heterocycles. The van der Waals surface area contributed by atoms with E-state index in [2.05, 4.69) is 17.0 Å². The van der Waals surface area contributed by atoms with E-state index in [0.29, 0.717) is 6.42 Å². The average molecular weight is 395 g/mol. The number of fused-ring (bicyclic) bond motifs is 5. The first-order valence-electron chi connectivity index (χ1n) is 10.5. The maximum Gasteiger partial charge on any atom is 0.419 e. The predicted octanol–water partition coefficient (Wildman–Crippen LogP) is 4.88. The molecule has 0 radical (unpaired) electrons. The number of para-hydroxylation sites is 1. The molecular weight excluding hydrogens is 364 g/mol. The zero-order chi connectivity index (χ0) is 20.9. The Morgan fingerprint density at radius 2 is 1.93 bits per heavy atom. The van der Waals surface area contributed by atoms with Crippen molar-refractivity contribution in [1.29, 1.82) is 0 Å². The van der Waals surface area contributed by atoms with E-state index in [1.807, 2.05) is 45.9 Å². The fraction of sp³-hybridized carbons (Fsp3) is 0.500. The average Bonchev–Trinajstić information content (AvgIpc) is 3.00. The highest BCUT2D eigenvalue weighted by Gasteiger charge is 2.41. The van der Waals surface area contributed by atoms with Crippen molar-refractivity contribution in [3.63, 3.8) is 0 Å². The fourth-order valence-electron chi connectivity index (χ4n) is 4.92. The molecule has 4 rings (SSSR count). The molecule has 2 aliphatic heterocycles. The Bertz CT molecular complexity index is 1010. The Kier molecular flexibility index (Phi) is 4.89. The van der Waals surface area contributed by atoms with Gasteiger partial charge in [-0.15, -0.1) is 0 Å². The molecule has 2 atom stereocenters. The molecule has 0 spiro atoms. The van der Waals surface area contributed by atoms with Crippen molar-refractivity contribution in [3.8, 4) is 0 Å². The van der Waals surface area contributed by atoms with Crippen LogP contribution in [0, 0.1) is 5.92 Å². The molecular formula is C24H30N2O3. The van der Waals surface area contributed by atoms with Crippen LogP contribution in [0.3, 0.4) is 0 Å². The van der Waals surface area contributed by atoms with Crippen molar-refractivity contribution in [2.24, 2.45) is 5.92 Å². The second-order valence-corrected chi connectivity index (χ2v) is 9.20. The maximum atomic E-state index is 13.3. The highest BCUT2D eigenvalue weighted by atomic mass is 16.6. The molecule has 1 aromatic heterocycles. The molecule has 5 nitrogen and oxygen atoms in total. The summed E-state index contributed by atoms with van der Waals surface area (Å²) in [6, 6.07) is 8.10. The minimum absolute atomic E-state index is 0.0382. The molecule has 1 saturated heterocycles. The number of nitrogens with zero attached hydrogens (tertiary/aromatic N) is 2. The number of aromatic nitrogens is 1. The molecule has 1 fully saturated rings. The molecule has 0 unspecified atom stereocenters. The summed E-state index contributed by atoms with van der Waals surface area (Å²) in [7, 11) is 0. The van der Waals surface area contributed by atoms with Gasteiger partial charge in [0.05, 0.1) is 17.3 Å². The molecule has 2 aliphatic rings. The van der Waals surface area contributed by atoms with Gasteiger partial charge >= 0.3 is 6.09 Å². The number of rotatable bonds is 1. The summed E-state index contributed by atoms with van der Waals surface area (Å²) in [6.45, 7) is 11.1. The molecule has 2 aromatic rings. The van der Waals surface area contributed by atoms with Gasteiger partial charge in [-0.1, -0.05) is 24.3 Å². The summed E-state index contributed by atoms with van der Waals surface area (Å²) in [6.07, 6.45) is 3.35. The normalized spacial score (nSPS) is 23.7. The van der Waals surface area contributed by atoms with Crippen molar-refractivity contribution < 1.29 is 14.3 Å². The number of Topliss-reactive ketones (excluding diaryl/α,β-unsaturated/α-hetero) is 1. The number of piperidine rings is 1. The third-order valence-electron chi connectivity index (χ3n) is 6.16. The van der Waals surface area contributed by atoms with E-state index in [9.17, 15) is 9.59 Å². The van der Waals surface area contributed by atoms with Crippen LogP contribution in [0.5, 0.6) is 0 Å². The summed E-state index contributed by atoms with van der Waals surface area (Å²) in [5.74, 6) is 0.113. The lowest BCUT2D eigenvalue weighted by Gasteiger charge is -2.43. The van der Waals surface area contributed by atoms with E-state index >= 15 is 0 Å². The lowest BCUT2D eigenvalue weighted by atomic mass is 9.80. The van der Waals surface area contributed by atoms with Gasteiger partial charge in [-0.3, -0.25) is 9.69 Å². The summed E-state index contributed by atoms with van der Waals surface area (Å²) >= 11 is 0. The Labute approximate surface area is 172 Å². The molecule has 0 bridgehead atoms. The number of carbonyl (C=O) groups excluding carboxylic acids is 2. The molecule has 0 amide bonds. The van der Waals surface area contributed by atoms with Crippen LogP contribution in [-0.4, -0.2) is 40.0 Å². The van der Waals surface area contributed by atoms with Crippen LogP contribution in [0.1, 0.15) is 58.3 Å². The number of hydrogen-bond acceptors (Lipinski definition) is 4.